The molecule has 1 aliphatic rings. The third-order valence-corrected chi connectivity index (χ3v) is 3.84. The van der Waals surface area contributed by atoms with Crippen LogP contribution >= 0.6 is 0 Å². The summed E-state index contributed by atoms with van der Waals surface area (Å²) >= 11 is 0. The predicted molar refractivity (Wildman–Crippen MR) is 82.7 cm³/mol. The second-order valence-electron chi connectivity index (χ2n) is 6.15. The van der Waals surface area contributed by atoms with Crippen molar-refractivity contribution >= 4 is 5.91 Å². The minimum Gasteiger partial charge on any atom is -0.487 e. The zero-order valence-corrected chi connectivity index (χ0v) is 13.0. The summed E-state index contributed by atoms with van der Waals surface area (Å²) in [4.78, 5) is 20.5. The number of hydrogen-bond acceptors (Lipinski definition) is 4. The average Bonchev–Trinajstić information content (AvgIpc) is 2.46. The Kier molecular flexibility index (Phi) is 3.56. The molecule has 2 heterocycles. The zero-order valence-electron chi connectivity index (χ0n) is 13.0. The number of aryl methyl sites for hydroxylation is 1. The number of carbonyl (C=O) groups is 1. The summed E-state index contributed by atoms with van der Waals surface area (Å²) in [6, 6.07) is 7.73. The van der Waals surface area contributed by atoms with Gasteiger partial charge in [-0.2, -0.15) is 0 Å². The first-order valence-electron chi connectivity index (χ1n) is 7.32. The van der Waals surface area contributed by atoms with Gasteiger partial charge in [0, 0.05) is 18.2 Å². The Balaban J connectivity index is 1.89. The second kappa shape index (κ2) is 5.40. The lowest BCUT2D eigenvalue weighted by Gasteiger charge is -2.37. The Morgan fingerprint density at radius 2 is 2.14 bits per heavy atom. The Labute approximate surface area is 129 Å². The number of hydrogen-bond donors (Lipinski definition) is 1. The fourth-order valence-electron chi connectivity index (χ4n) is 2.78. The number of para-hydroxylation sites is 1. The van der Waals surface area contributed by atoms with Gasteiger partial charge in [-0.05, 0) is 26.8 Å². The van der Waals surface area contributed by atoms with Crippen LogP contribution in [0.5, 0.6) is 5.75 Å². The minimum absolute atomic E-state index is 0.0907. The van der Waals surface area contributed by atoms with Crippen molar-refractivity contribution in [1.29, 1.82) is 0 Å². The third kappa shape index (κ3) is 2.79. The van der Waals surface area contributed by atoms with Gasteiger partial charge in [0.25, 0.3) is 5.91 Å². The van der Waals surface area contributed by atoms with Crippen molar-refractivity contribution < 1.29 is 9.53 Å². The number of nitrogens with zero attached hydrogens (tertiary/aromatic N) is 2. The zero-order chi connectivity index (χ0) is 15.7. The van der Waals surface area contributed by atoms with Gasteiger partial charge in [0.05, 0.1) is 17.3 Å². The number of rotatable bonds is 2. The molecule has 0 aliphatic carbocycles. The molecule has 1 atom stereocenters. The van der Waals surface area contributed by atoms with Crippen LogP contribution in [0, 0.1) is 6.92 Å². The highest BCUT2D eigenvalue weighted by Crippen LogP contribution is 2.39. The molecule has 5 heteroatoms. The largest absolute Gasteiger partial charge is 0.487 e. The van der Waals surface area contributed by atoms with Crippen molar-refractivity contribution in [2.75, 3.05) is 0 Å². The van der Waals surface area contributed by atoms with E-state index in [1.54, 1.807) is 13.1 Å². The molecule has 0 radical (unpaired) electrons. The molecule has 22 heavy (non-hydrogen) atoms. The number of nitrogens with one attached hydrogen (secondary N) is 1. The van der Waals surface area contributed by atoms with Crippen LogP contribution in [0.4, 0.5) is 0 Å². The highest BCUT2D eigenvalue weighted by Gasteiger charge is 2.34. The van der Waals surface area contributed by atoms with Crippen LogP contribution in [0.1, 0.15) is 47.9 Å². The maximum absolute atomic E-state index is 12.5. The summed E-state index contributed by atoms with van der Waals surface area (Å²) in [5, 5.41) is 3.09. The minimum atomic E-state index is -0.325. The van der Waals surface area contributed by atoms with E-state index in [-0.39, 0.29) is 17.6 Å². The van der Waals surface area contributed by atoms with Gasteiger partial charge in [-0.1, -0.05) is 18.2 Å². The van der Waals surface area contributed by atoms with Gasteiger partial charge in [-0.25, -0.2) is 9.97 Å². The molecule has 0 saturated heterocycles. The molecule has 0 spiro atoms. The van der Waals surface area contributed by atoms with E-state index in [2.05, 4.69) is 15.3 Å². The molecule has 1 unspecified atom stereocenters. The maximum atomic E-state index is 12.5. The van der Waals surface area contributed by atoms with Crippen LogP contribution in [0.3, 0.4) is 0 Å². The van der Waals surface area contributed by atoms with Crippen LogP contribution < -0.4 is 10.1 Å². The maximum Gasteiger partial charge on any atom is 0.255 e. The normalized spacial score (nSPS) is 19.0. The number of fused-ring (bicyclic) bond motifs is 1. The van der Waals surface area contributed by atoms with E-state index in [1.807, 2.05) is 38.1 Å². The number of ether oxygens (including phenoxy) is 1. The van der Waals surface area contributed by atoms with Crippen molar-refractivity contribution in [3.8, 4) is 5.75 Å². The standard InChI is InChI=1S/C17H19N3O2/c1-11-13(9-18-10-19-11)16(21)20-14-8-17(2,3)22-15-7-5-4-6-12(14)15/h4-7,9-10,14H,8H2,1-3H3,(H,20,21). The Hall–Kier alpha value is -2.43. The smallest absolute Gasteiger partial charge is 0.255 e. The van der Waals surface area contributed by atoms with E-state index < -0.39 is 0 Å². The van der Waals surface area contributed by atoms with E-state index in [1.165, 1.54) is 6.33 Å². The summed E-state index contributed by atoms with van der Waals surface area (Å²) < 4.78 is 5.98. The molecular weight excluding hydrogens is 278 g/mol. The molecule has 0 fully saturated rings. The van der Waals surface area contributed by atoms with E-state index in [0.717, 1.165) is 11.3 Å². The lowest BCUT2D eigenvalue weighted by Crippen LogP contribution is -2.41. The monoisotopic (exact) mass is 297 g/mol. The average molecular weight is 297 g/mol. The van der Waals surface area contributed by atoms with Crippen LogP contribution in [0.15, 0.2) is 36.8 Å². The Bertz CT molecular complexity index is 713. The van der Waals surface area contributed by atoms with Crippen LogP contribution in [0.2, 0.25) is 0 Å². The first-order chi connectivity index (χ1) is 10.5. The number of benzene rings is 1. The van der Waals surface area contributed by atoms with E-state index in [0.29, 0.717) is 17.7 Å². The third-order valence-electron chi connectivity index (χ3n) is 3.84. The van der Waals surface area contributed by atoms with Gasteiger partial charge in [-0.3, -0.25) is 4.79 Å². The molecule has 1 aromatic carbocycles. The van der Waals surface area contributed by atoms with Crippen LogP contribution in [-0.2, 0) is 0 Å². The highest BCUT2D eigenvalue weighted by atomic mass is 16.5. The summed E-state index contributed by atoms with van der Waals surface area (Å²) in [7, 11) is 0. The van der Waals surface area contributed by atoms with Crippen molar-refractivity contribution in [3.05, 3.63) is 53.6 Å². The van der Waals surface area contributed by atoms with Crippen molar-refractivity contribution in [2.45, 2.75) is 38.8 Å². The summed E-state index contributed by atoms with van der Waals surface area (Å²) in [6.07, 6.45) is 3.70. The van der Waals surface area contributed by atoms with Gasteiger partial charge in [0.15, 0.2) is 0 Å². The van der Waals surface area contributed by atoms with Gasteiger partial charge in [0.2, 0.25) is 0 Å². The predicted octanol–water partition coefficient (Wildman–Crippen LogP) is 2.82. The lowest BCUT2D eigenvalue weighted by molar-refractivity contribution is 0.0619. The SMILES string of the molecule is Cc1ncncc1C(=O)NC1CC(C)(C)Oc2ccccc21. The second-order valence-corrected chi connectivity index (χ2v) is 6.15. The van der Waals surface area contributed by atoms with Gasteiger partial charge >= 0.3 is 0 Å². The van der Waals surface area contributed by atoms with E-state index in [9.17, 15) is 4.79 Å². The highest BCUT2D eigenvalue weighted by molar-refractivity contribution is 5.95. The molecule has 1 amide bonds. The van der Waals surface area contributed by atoms with Crippen molar-refractivity contribution in [2.24, 2.45) is 0 Å². The topological polar surface area (TPSA) is 64.1 Å². The fraction of sp³-hybridized carbons (Fsp3) is 0.353. The van der Waals surface area contributed by atoms with Crippen molar-refractivity contribution in [3.63, 3.8) is 0 Å². The van der Waals surface area contributed by atoms with Gasteiger partial charge in [-0.15, -0.1) is 0 Å². The molecule has 1 aliphatic heterocycles. The molecule has 1 aromatic heterocycles. The molecule has 1 N–H and O–H groups in total. The van der Waals surface area contributed by atoms with Gasteiger partial charge in [0.1, 0.15) is 17.7 Å². The van der Waals surface area contributed by atoms with Crippen LogP contribution in [0.25, 0.3) is 0 Å². The number of aromatic nitrogens is 2. The summed E-state index contributed by atoms with van der Waals surface area (Å²) in [6.45, 7) is 5.86. The Morgan fingerprint density at radius 3 is 2.91 bits per heavy atom. The Morgan fingerprint density at radius 1 is 1.36 bits per heavy atom. The molecule has 2 aromatic rings. The van der Waals surface area contributed by atoms with Crippen LogP contribution in [-0.4, -0.2) is 21.5 Å². The lowest BCUT2D eigenvalue weighted by atomic mass is 9.89. The first-order valence-corrected chi connectivity index (χ1v) is 7.32. The number of amides is 1. The fourth-order valence-corrected chi connectivity index (χ4v) is 2.78. The molecule has 114 valence electrons. The number of carbonyl (C=O) groups excluding carboxylic acids is 1. The van der Waals surface area contributed by atoms with E-state index in [4.69, 9.17) is 4.74 Å². The molecule has 5 nitrogen and oxygen atoms in total. The summed E-state index contributed by atoms with van der Waals surface area (Å²) in [5.41, 5.74) is 1.86. The van der Waals surface area contributed by atoms with Crippen molar-refractivity contribution in [1.82, 2.24) is 15.3 Å². The molecule has 3 rings (SSSR count). The van der Waals surface area contributed by atoms with E-state index >= 15 is 0 Å². The first kappa shape index (κ1) is 14.5. The molecule has 0 saturated carbocycles. The summed E-state index contributed by atoms with van der Waals surface area (Å²) in [5.74, 6) is 0.667. The molecule has 0 bridgehead atoms. The quantitative estimate of drug-likeness (QED) is 0.925. The van der Waals surface area contributed by atoms with Gasteiger partial charge < -0.3 is 10.1 Å². The molecular formula is C17H19N3O2.